The van der Waals surface area contributed by atoms with Crippen LogP contribution in [0, 0.1) is 5.92 Å². The molecule has 2 aromatic carbocycles. The van der Waals surface area contributed by atoms with Crippen LogP contribution in [-0.2, 0) is 4.79 Å². The number of carbonyl (C=O) groups is 2. The fraction of sp³-hybridized carbons (Fsp3) is 0.391. The molecular formula is C23H28N2O3. The molecule has 1 aliphatic rings. The molecule has 0 saturated carbocycles. The quantitative estimate of drug-likeness (QED) is 0.685. The van der Waals surface area contributed by atoms with Gasteiger partial charge in [-0.25, -0.2) is 0 Å². The Morgan fingerprint density at radius 3 is 2.43 bits per heavy atom. The number of benzene rings is 2. The number of likely N-dealkylation sites (N-methyl/N-ethyl adjacent to an activating group) is 1. The molecule has 0 unspecified atom stereocenters. The predicted molar refractivity (Wildman–Crippen MR) is 110 cm³/mol. The van der Waals surface area contributed by atoms with Gasteiger partial charge in [-0.05, 0) is 62.7 Å². The molecule has 0 spiro atoms. The van der Waals surface area contributed by atoms with Crippen LogP contribution in [0.5, 0.6) is 11.5 Å². The van der Waals surface area contributed by atoms with Crippen molar-refractivity contribution in [3.63, 3.8) is 0 Å². The van der Waals surface area contributed by atoms with Gasteiger partial charge in [0.2, 0.25) is 5.91 Å². The molecule has 5 heteroatoms. The highest BCUT2D eigenvalue weighted by molar-refractivity contribution is 5.98. The van der Waals surface area contributed by atoms with Crippen LogP contribution in [0.1, 0.15) is 30.1 Å². The van der Waals surface area contributed by atoms with Gasteiger partial charge in [-0.15, -0.1) is 0 Å². The Morgan fingerprint density at radius 1 is 1.07 bits per heavy atom. The van der Waals surface area contributed by atoms with Gasteiger partial charge in [0.25, 0.3) is 0 Å². The van der Waals surface area contributed by atoms with Gasteiger partial charge in [-0.2, -0.15) is 0 Å². The third-order valence-electron chi connectivity index (χ3n) is 5.25. The summed E-state index contributed by atoms with van der Waals surface area (Å²) >= 11 is 0. The molecule has 0 N–H and O–H groups in total. The van der Waals surface area contributed by atoms with E-state index in [4.69, 9.17) is 4.74 Å². The van der Waals surface area contributed by atoms with Crippen molar-refractivity contribution in [2.45, 2.75) is 19.8 Å². The van der Waals surface area contributed by atoms with Crippen molar-refractivity contribution in [1.82, 2.24) is 9.80 Å². The van der Waals surface area contributed by atoms with Crippen molar-refractivity contribution in [3.05, 3.63) is 60.2 Å². The van der Waals surface area contributed by atoms with Crippen molar-refractivity contribution >= 4 is 11.7 Å². The van der Waals surface area contributed by atoms with Crippen molar-refractivity contribution in [2.75, 3.05) is 33.2 Å². The maximum atomic E-state index is 12.9. The van der Waals surface area contributed by atoms with Gasteiger partial charge in [0.1, 0.15) is 11.5 Å². The highest BCUT2D eigenvalue weighted by Gasteiger charge is 2.28. The zero-order valence-electron chi connectivity index (χ0n) is 16.6. The SMILES string of the molecule is CCN(C)C(=O)CN1CCC[C@@H](C(=O)c2ccc(Oc3ccccc3)cc2)C1. The number of hydrogen-bond donors (Lipinski definition) is 0. The summed E-state index contributed by atoms with van der Waals surface area (Å²) in [7, 11) is 1.81. The Hall–Kier alpha value is -2.66. The average molecular weight is 380 g/mol. The zero-order chi connectivity index (χ0) is 19.9. The van der Waals surface area contributed by atoms with Crippen molar-refractivity contribution < 1.29 is 14.3 Å². The normalized spacial score (nSPS) is 17.1. The summed E-state index contributed by atoms with van der Waals surface area (Å²) in [6, 6.07) is 16.9. The maximum Gasteiger partial charge on any atom is 0.236 e. The van der Waals surface area contributed by atoms with E-state index in [2.05, 4.69) is 4.90 Å². The number of Topliss-reactive ketones (excluding diaryl/α,β-unsaturated/α-hetero) is 1. The molecule has 148 valence electrons. The molecule has 0 bridgehead atoms. The first-order valence-corrected chi connectivity index (χ1v) is 9.90. The number of ether oxygens (including phenoxy) is 1. The first kappa shape index (κ1) is 20.1. The lowest BCUT2D eigenvalue weighted by atomic mass is 9.90. The second-order valence-electron chi connectivity index (χ2n) is 7.29. The Bertz CT molecular complexity index is 789. The number of ketones is 1. The van der Waals surface area contributed by atoms with Gasteiger partial charge < -0.3 is 9.64 Å². The fourth-order valence-corrected chi connectivity index (χ4v) is 3.45. The molecule has 0 aromatic heterocycles. The highest BCUT2D eigenvalue weighted by Crippen LogP contribution is 2.24. The van der Waals surface area contributed by atoms with Crippen LogP contribution in [-0.4, -0.2) is 54.7 Å². The number of rotatable bonds is 7. The summed E-state index contributed by atoms with van der Waals surface area (Å²) in [5.74, 6) is 1.67. The van der Waals surface area contributed by atoms with E-state index in [1.165, 1.54) is 0 Å². The summed E-state index contributed by atoms with van der Waals surface area (Å²) in [5.41, 5.74) is 0.698. The predicted octanol–water partition coefficient (Wildman–Crippen LogP) is 3.85. The molecule has 28 heavy (non-hydrogen) atoms. The third-order valence-corrected chi connectivity index (χ3v) is 5.25. The lowest BCUT2D eigenvalue weighted by Crippen LogP contribution is -2.44. The van der Waals surface area contributed by atoms with Crippen LogP contribution in [0.2, 0.25) is 0 Å². The zero-order valence-corrected chi connectivity index (χ0v) is 16.6. The van der Waals surface area contributed by atoms with E-state index < -0.39 is 0 Å². The Morgan fingerprint density at radius 2 is 1.75 bits per heavy atom. The minimum Gasteiger partial charge on any atom is -0.457 e. The third kappa shape index (κ3) is 5.20. The van der Waals surface area contributed by atoms with E-state index in [1.54, 1.807) is 4.90 Å². The number of likely N-dealkylation sites (tertiary alicyclic amines) is 1. The van der Waals surface area contributed by atoms with Crippen LogP contribution in [0.15, 0.2) is 54.6 Å². The molecule has 3 rings (SSSR count). The standard InChI is InChI=1S/C23H28N2O3/c1-3-24(2)22(26)17-25-15-7-8-19(16-25)23(27)18-11-13-21(14-12-18)28-20-9-5-4-6-10-20/h4-6,9-14,19H,3,7-8,15-17H2,1-2H3/t19-/m1/s1. The van der Waals surface area contributed by atoms with E-state index in [0.29, 0.717) is 30.9 Å². The summed E-state index contributed by atoms with van der Waals surface area (Å²) in [6.45, 7) is 4.57. The number of hydrogen-bond acceptors (Lipinski definition) is 4. The van der Waals surface area contributed by atoms with Gasteiger partial charge in [0, 0.05) is 31.6 Å². The molecular weight excluding hydrogens is 352 g/mol. The molecule has 1 heterocycles. The Kier molecular flexibility index (Phi) is 6.82. The van der Waals surface area contributed by atoms with E-state index in [0.717, 1.165) is 25.1 Å². The monoisotopic (exact) mass is 380 g/mol. The van der Waals surface area contributed by atoms with E-state index in [1.807, 2.05) is 68.6 Å². The smallest absolute Gasteiger partial charge is 0.236 e. The molecule has 1 amide bonds. The number of nitrogens with zero attached hydrogens (tertiary/aromatic N) is 2. The number of para-hydroxylation sites is 1. The minimum absolute atomic E-state index is 0.0608. The molecule has 0 radical (unpaired) electrons. The number of piperidine rings is 1. The van der Waals surface area contributed by atoms with Crippen LogP contribution in [0.3, 0.4) is 0 Å². The van der Waals surface area contributed by atoms with Crippen LogP contribution < -0.4 is 4.74 Å². The van der Waals surface area contributed by atoms with Gasteiger partial charge in [-0.3, -0.25) is 14.5 Å². The summed E-state index contributed by atoms with van der Waals surface area (Å²) in [5, 5.41) is 0. The summed E-state index contributed by atoms with van der Waals surface area (Å²) < 4.78 is 5.79. The van der Waals surface area contributed by atoms with E-state index in [9.17, 15) is 9.59 Å². The Balaban J connectivity index is 1.59. The molecule has 1 fully saturated rings. The first-order valence-electron chi connectivity index (χ1n) is 9.90. The molecule has 5 nitrogen and oxygen atoms in total. The number of amides is 1. The maximum absolute atomic E-state index is 12.9. The largest absolute Gasteiger partial charge is 0.457 e. The van der Waals surface area contributed by atoms with Crippen LogP contribution in [0.25, 0.3) is 0 Å². The number of carbonyl (C=O) groups excluding carboxylic acids is 2. The topological polar surface area (TPSA) is 49.9 Å². The molecule has 1 aliphatic heterocycles. The van der Waals surface area contributed by atoms with Crippen molar-refractivity contribution in [3.8, 4) is 11.5 Å². The molecule has 2 aromatic rings. The molecule has 1 saturated heterocycles. The second-order valence-corrected chi connectivity index (χ2v) is 7.29. The minimum atomic E-state index is -0.0608. The van der Waals surface area contributed by atoms with Gasteiger partial charge >= 0.3 is 0 Å². The van der Waals surface area contributed by atoms with Gasteiger partial charge in [0.15, 0.2) is 5.78 Å². The fourth-order valence-electron chi connectivity index (χ4n) is 3.45. The van der Waals surface area contributed by atoms with Gasteiger partial charge in [0.05, 0.1) is 6.54 Å². The van der Waals surface area contributed by atoms with Crippen molar-refractivity contribution in [2.24, 2.45) is 5.92 Å². The second kappa shape index (κ2) is 9.51. The van der Waals surface area contributed by atoms with Crippen LogP contribution in [0.4, 0.5) is 0 Å². The summed E-state index contributed by atoms with van der Waals surface area (Å²) in [6.07, 6.45) is 1.81. The molecule has 1 atom stereocenters. The van der Waals surface area contributed by atoms with E-state index in [-0.39, 0.29) is 17.6 Å². The average Bonchev–Trinajstić information content (AvgIpc) is 2.74. The lowest BCUT2D eigenvalue weighted by Gasteiger charge is -2.32. The van der Waals surface area contributed by atoms with Crippen molar-refractivity contribution in [1.29, 1.82) is 0 Å². The van der Waals surface area contributed by atoms with Crippen LogP contribution >= 0.6 is 0 Å². The van der Waals surface area contributed by atoms with Gasteiger partial charge in [-0.1, -0.05) is 18.2 Å². The highest BCUT2D eigenvalue weighted by atomic mass is 16.5. The Labute approximate surface area is 166 Å². The molecule has 0 aliphatic carbocycles. The first-order chi connectivity index (χ1) is 13.6. The van der Waals surface area contributed by atoms with E-state index >= 15 is 0 Å². The summed E-state index contributed by atoms with van der Waals surface area (Å²) in [4.78, 5) is 28.9. The lowest BCUT2D eigenvalue weighted by molar-refractivity contribution is -0.131.